The third-order valence-electron chi connectivity index (χ3n) is 1.43. The summed E-state index contributed by atoms with van der Waals surface area (Å²) in [4.78, 5) is 10.8. The third-order valence-corrected chi connectivity index (χ3v) is 1.74. The first kappa shape index (κ1) is 9.80. The van der Waals surface area contributed by atoms with Gasteiger partial charge in [-0.2, -0.15) is 0 Å². The summed E-state index contributed by atoms with van der Waals surface area (Å²) in [7, 11) is 1.43. The molecule has 13 heavy (non-hydrogen) atoms. The van der Waals surface area contributed by atoms with Crippen LogP contribution in [0.15, 0.2) is 18.2 Å². The molecule has 5 heteroatoms. The predicted octanol–water partition coefficient (Wildman–Crippen LogP) is 2.23. The lowest BCUT2D eigenvalue weighted by molar-refractivity contribution is 0.254. The highest BCUT2D eigenvalue weighted by Crippen LogP contribution is 2.24. The van der Waals surface area contributed by atoms with Gasteiger partial charge in [-0.1, -0.05) is 17.7 Å². The molecule has 70 valence electrons. The van der Waals surface area contributed by atoms with Crippen LogP contribution in [0.1, 0.15) is 0 Å². The molecule has 0 aliphatic rings. The van der Waals surface area contributed by atoms with Crippen molar-refractivity contribution in [3.63, 3.8) is 0 Å². The van der Waals surface area contributed by atoms with Crippen LogP contribution in [0.3, 0.4) is 0 Å². The summed E-state index contributed by atoms with van der Waals surface area (Å²) < 4.78 is 13.0. The van der Waals surface area contributed by atoms with Crippen LogP contribution < -0.4 is 10.6 Å². The van der Waals surface area contributed by atoms with Crippen LogP contribution in [0.25, 0.3) is 0 Å². The summed E-state index contributed by atoms with van der Waals surface area (Å²) in [5.41, 5.74) is -0.0106. The summed E-state index contributed by atoms with van der Waals surface area (Å²) in [5.74, 6) is -0.559. The first-order chi connectivity index (χ1) is 6.15. The zero-order chi connectivity index (χ0) is 9.84. The fourth-order valence-corrected chi connectivity index (χ4v) is 1.00. The van der Waals surface area contributed by atoms with Crippen molar-refractivity contribution in [2.75, 3.05) is 12.4 Å². The smallest absolute Gasteiger partial charge is 0.319 e. The predicted molar refractivity (Wildman–Crippen MR) is 49.5 cm³/mol. The fraction of sp³-hybridized carbons (Fsp3) is 0.125. The molecule has 2 N–H and O–H groups in total. The van der Waals surface area contributed by atoms with Crippen LogP contribution in [0.5, 0.6) is 0 Å². The Morgan fingerprint density at radius 3 is 2.77 bits per heavy atom. The fourth-order valence-electron chi connectivity index (χ4n) is 0.793. The van der Waals surface area contributed by atoms with Gasteiger partial charge >= 0.3 is 6.03 Å². The van der Waals surface area contributed by atoms with Gasteiger partial charge in [0, 0.05) is 7.05 Å². The van der Waals surface area contributed by atoms with Crippen LogP contribution >= 0.6 is 11.6 Å². The number of rotatable bonds is 1. The molecule has 0 fully saturated rings. The van der Waals surface area contributed by atoms with Gasteiger partial charge in [-0.25, -0.2) is 9.18 Å². The number of nitrogens with one attached hydrogen (secondary N) is 2. The minimum absolute atomic E-state index is 0.0106. The molecule has 0 aliphatic heterocycles. The maximum Gasteiger partial charge on any atom is 0.319 e. The lowest BCUT2D eigenvalue weighted by Crippen LogP contribution is -2.25. The number of hydrogen-bond acceptors (Lipinski definition) is 1. The molecule has 0 bridgehead atoms. The summed E-state index contributed by atoms with van der Waals surface area (Å²) >= 11 is 5.65. The molecular weight excluding hydrogens is 195 g/mol. The van der Waals surface area contributed by atoms with Gasteiger partial charge in [0.2, 0.25) is 0 Å². The molecule has 0 saturated carbocycles. The van der Waals surface area contributed by atoms with E-state index in [-0.39, 0.29) is 10.7 Å². The zero-order valence-electron chi connectivity index (χ0n) is 6.90. The molecule has 0 heterocycles. The Hall–Kier alpha value is -1.29. The van der Waals surface area contributed by atoms with Gasteiger partial charge in [0.05, 0.1) is 10.7 Å². The molecule has 0 atom stereocenters. The molecule has 0 spiro atoms. The number of anilines is 1. The summed E-state index contributed by atoms with van der Waals surface area (Å²) in [6, 6.07) is 3.67. The number of hydrogen-bond donors (Lipinski definition) is 2. The minimum Gasteiger partial charge on any atom is -0.341 e. The Morgan fingerprint density at radius 2 is 2.23 bits per heavy atom. The van der Waals surface area contributed by atoms with E-state index in [1.54, 1.807) is 0 Å². The highest BCUT2D eigenvalue weighted by Gasteiger charge is 2.08. The third kappa shape index (κ3) is 2.32. The van der Waals surface area contributed by atoms with E-state index >= 15 is 0 Å². The van der Waals surface area contributed by atoms with Gasteiger partial charge in [0.15, 0.2) is 0 Å². The minimum atomic E-state index is -0.559. The number of carbonyl (C=O) groups excluding carboxylic acids is 1. The van der Waals surface area contributed by atoms with E-state index in [2.05, 4.69) is 10.6 Å². The SMILES string of the molecule is CNC(=O)Nc1c(F)cccc1Cl. The standard InChI is InChI=1S/C8H8ClFN2O/c1-11-8(13)12-7-5(9)3-2-4-6(7)10/h2-4H,1H3,(H2,11,12,13). The normalized spacial score (nSPS) is 9.46. The Kier molecular flexibility index (Phi) is 3.08. The second kappa shape index (κ2) is 4.09. The molecule has 0 saturated heterocycles. The lowest BCUT2D eigenvalue weighted by Gasteiger charge is -2.06. The Labute approximate surface area is 79.9 Å². The molecular formula is C8H8ClFN2O. The number of para-hydroxylation sites is 1. The number of halogens is 2. The summed E-state index contributed by atoms with van der Waals surface area (Å²) in [6.45, 7) is 0. The lowest BCUT2D eigenvalue weighted by atomic mass is 10.3. The topological polar surface area (TPSA) is 41.1 Å². The molecule has 1 aromatic carbocycles. The molecule has 1 rings (SSSR count). The number of carbonyl (C=O) groups is 1. The van der Waals surface area contributed by atoms with Crippen molar-refractivity contribution < 1.29 is 9.18 Å². The molecule has 0 aromatic heterocycles. The first-order valence-corrected chi connectivity index (χ1v) is 3.95. The maximum absolute atomic E-state index is 13.0. The van der Waals surface area contributed by atoms with Crippen LogP contribution in [0.2, 0.25) is 5.02 Å². The van der Waals surface area contributed by atoms with Crippen LogP contribution in [0.4, 0.5) is 14.9 Å². The quantitative estimate of drug-likeness (QED) is 0.721. The van der Waals surface area contributed by atoms with E-state index in [0.29, 0.717) is 0 Å². The Morgan fingerprint density at radius 1 is 1.54 bits per heavy atom. The number of urea groups is 1. The Balaban J connectivity index is 2.93. The van der Waals surface area contributed by atoms with E-state index in [4.69, 9.17) is 11.6 Å². The van der Waals surface area contributed by atoms with Crippen molar-refractivity contribution in [2.24, 2.45) is 0 Å². The van der Waals surface area contributed by atoms with E-state index in [1.165, 1.54) is 25.2 Å². The van der Waals surface area contributed by atoms with Crippen molar-refractivity contribution in [1.29, 1.82) is 0 Å². The van der Waals surface area contributed by atoms with Gasteiger partial charge in [0.25, 0.3) is 0 Å². The van der Waals surface area contributed by atoms with Crippen LogP contribution in [-0.2, 0) is 0 Å². The van der Waals surface area contributed by atoms with Crippen LogP contribution in [0, 0.1) is 5.82 Å². The zero-order valence-corrected chi connectivity index (χ0v) is 7.65. The average molecular weight is 203 g/mol. The second-order valence-electron chi connectivity index (χ2n) is 2.30. The molecule has 2 amide bonds. The first-order valence-electron chi connectivity index (χ1n) is 3.58. The highest BCUT2D eigenvalue weighted by molar-refractivity contribution is 6.33. The van der Waals surface area contributed by atoms with E-state index in [9.17, 15) is 9.18 Å². The highest BCUT2D eigenvalue weighted by atomic mass is 35.5. The number of amides is 2. The molecule has 3 nitrogen and oxygen atoms in total. The Bertz CT molecular complexity index is 310. The molecule has 1 aromatic rings. The van der Waals surface area contributed by atoms with Crippen molar-refractivity contribution in [1.82, 2.24) is 5.32 Å². The largest absolute Gasteiger partial charge is 0.341 e. The summed E-state index contributed by atoms with van der Waals surface area (Å²) in [5, 5.41) is 4.73. The monoisotopic (exact) mass is 202 g/mol. The maximum atomic E-state index is 13.0. The van der Waals surface area contributed by atoms with Gasteiger partial charge < -0.3 is 10.6 Å². The molecule has 0 aliphatic carbocycles. The van der Waals surface area contributed by atoms with E-state index < -0.39 is 11.8 Å². The van der Waals surface area contributed by atoms with Crippen molar-refractivity contribution in [2.45, 2.75) is 0 Å². The van der Waals surface area contributed by atoms with E-state index in [1.807, 2.05) is 0 Å². The van der Waals surface area contributed by atoms with Crippen molar-refractivity contribution in [3.8, 4) is 0 Å². The van der Waals surface area contributed by atoms with Gasteiger partial charge in [-0.05, 0) is 12.1 Å². The summed E-state index contributed by atoms with van der Waals surface area (Å²) in [6.07, 6.45) is 0. The average Bonchev–Trinajstić information content (AvgIpc) is 2.11. The van der Waals surface area contributed by atoms with Crippen molar-refractivity contribution in [3.05, 3.63) is 29.0 Å². The van der Waals surface area contributed by atoms with E-state index in [0.717, 1.165) is 0 Å². The van der Waals surface area contributed by atoms with Crippen molar-refractivity contribution >= 4 is 23.3 Å². The number of benzene rings is 1. The van der Waals surface area contributed by atoms with Gasteiger partial charge in [-0.3, -0.25) is 0 Å². The molecule has 0 radical (unpaired) electrons. The molecule has 0 unspecified atom stereocenters. The van der Waals surface area contributed by atoms with Gasteiger partial charge in [-0.15, -0.1) is 0 Å². The van der Waals surface area contributed by atoms with Gasteiger partial charge in [0.1, 0.15) is 5.82 Å². The second-order valence-corrected chi connectivity index (χ2v) is 2.71. The van der Waals surface area contributed by atoms with Crippen LogP contribution in [-0.4, -0.2) is 13.1 Å².